The summed E-state index contributed by atoms with van der Waals surface area (Å²) in [6, 6.07) is 6.91. The molecule has 2 nitrogen and oxygen atoms in total. The third kappa shape index (κ3) is 3.42. The zero-order valence-corrected chi connectivity index (χ0v) is 14.0. The van der Waals surface area contributed by atoms with Gasteiger partial charge in [0.1, 0.15) is 0 Å². The maximum Gasteiger partial charge on any atom is 0.0282 e. The molecule has 0 aliphatic carbocycles. The van der Waals surface area contributed by atoms with E-state index in [4.69, 9.17) is 0 Å². The third-order valence-corrected chi connectivity index (χ3v) is 4.78. The lowest BCUT2D eigenvalue weighted by atomic mass is 9.88. The lowest BCUT2D eigenvalue weighted by Crippen LogP contribution is -2.66. The Morgan fingerprint density at radius 3 is 2.25 bits per heavy atom. The number of rotatable bonds is 3. The average molecular weight is 274 g/mol. The van der Waals surface area contributed by atoms with Gasteiger partial charge in [0.15, 0.2) is 0 Å². The number of hydrogen-bond acceptors (Lipinski definition) is 2. The molecule has 1 N–H and O–H groups in total. The van der Waals surface area contributed by atoms with Gasteiger partial charge in [-0.15, -0.1) is 0 Å². The Hall–Kier alpha value is -0.860. The maximum atomic E-state index is 3.73. The summed E-state index contributed by atoms with van der Waals surface area (Å²) in [4.78, 5) is 2.64. The van der Waals surface area contributed by atoms with Crippen LogP contribution in [0.25, 0.3) is 0 Å². The van der Waals surface area contributed by atoms with Crippen LogP contribution in [0.1, 0.15) is 50.8 Å². The highest BCUT2D eigenvalue weighted by atomic mass is 15.3. The minimum absolute atomic E-state index is 0.215. The predicted octanol–water partition coefficient (Wildman–Crippen LogP) is 3.66. The van der Waals surface area contributed by atoms with Crippen LogP contribution in [-0.2, 0) is 6.54 Å². The van der Waals surface area contributed by atoms with Gasteiger partial charge < -0.3 is 5.32 Å². The molecule has 0 spiro atoms. The zero-order valence-electron chi connectivity index (χ0n) is 14.0. The fourth-order valence-corrected chi connectivity index (χ4v) is 3.12. The molecule has 1 saturated heterocycles. The second kappa shape index (κ2) is 5.50. The highest BCUT2D eigenvalue weighted by molar-refractivity contribution is 5.28. The average Bonchev–Trinajstić information content (AvgIpc) is 2.33. The Labute approximate surface area is 124 Å². The fraction of sp³-hybridized carbons (Fsp3) is 0.667. The van der Waals surface area contributed by atoms with Crippen LogP contribution in [0.15, 0.2) is 18.2 Å². The number of nitrogens with one attached hydrogen (secondary N) is 1. The van der Waals surface area contributed by atoms with Crippen molar-refractivity contribution >= 4 is 0 Å². The molecular weight excluding hydrogens is 244 g/mol. The molecule has 1 aliphatic heterocycles. The molecule has 112 valence electrons. The van der Waals surface area contributed by atoms with Crippen LogP contribution in [-0.4, -0.2) is 29.1 Å². The standard InChI is InChI=1S/C18H30N2/c1-7-18(6)13-20(17(4,5)12-19-18)11-16-9-14(2)8-15(3)10-16/h8-10,19H,7,11-13H2,1-6H3. The van der Waals surface area contributed by atoms with E-state index in [-0.39, 0.29) is 11.1 Å². The molecule has 0 aromatic heterocycles. The van der Waals surface area contributed by atoms with Gasteiger partial charge in [0.05, 0.1) is 0 Å². The Kier molecular flexibility index (Phi) is 4.27. The van der Waals surface area contributed by atoms with Crippen molar-refractivity contribution in [1.29, 1.82) is 0 Å². The number of nitrogens with zero attached hydrogens (tertiary/aromatic N) is 1. The first kappa shape index (κ1) is 15.5. The highest BCUT2D eigenvalue weighted by Gasteiger charge is 2.38. The first-order valence-electron chi connectivity index (χ1n) is 7.81. The molecule has 0 amide bonds. The monoisotopic (exact) mass is 274 g/mol. The normalized spacial score (nSPS) is 26.7. The van der Waals surface area contributed by atoms with E-state index in [9.17, 15) is 0 Å². The molecule has 0 radical (unpaired) electrons. The molecule has 0 bridgehead atoms. The molecule has 1 atom stereocenters. The summed E-state index contributed by atoms with van der Waals surface area (Å²) in [6.07, 6.45) is 1.17. The van der Waals surface area contributed by atoms with Gasteiger partial charge in [-0.1, -0.05) is 36.2 Å². The number of piperazine rings is 1. The van der Waals surface area contributed by atoms with E-state index in [0.29, 0.717) is 0 Å². The summed E-state index contributed by atoms with van der Waals surface area (Å²) in [7, 11) is 0. The Balaban J connectivity index is 2.20. The molecule has 1 heterocycles. The van der Waals surface area contributed by atoms with Crippen molar-refractivity contribution in [3.63, 3.8) is 0 Å². The van der Waals surface area contributed by atoms with Crippen LogP contribution < -0.4 is 5.32 Å². The van der Waals surface area contributed by atoms with E-state index >= 15 is 0 Å². The van der Waals surface area contributed by atoms with Crippen molar-refractivity contribution in [2.75, 3.05) is 13.1 Å². The molecule has 1 fully saturated rings. The number of benzene rings is 1. The first-order chi connectivity index (χ1) is 9.24. The summed E-state index contributed by atoms with van der Waals surface area (Å²) in [5.41, 5.74) is 4.63. The van der Waals surface area contributed by atoms with E-state index in [1.54, 1.807) is 0 Å². The molecule has 2 heteroatoms. The van der Waals surface area contributed by atoms with Crippen LogP contribution in [0.4, 0.5) is 0 Å². The molecule has 1 aromatic carbocycles. The van der Waals surface area contributed by atoms with E-state index in [1.165, 1.54) is 23.1 Å². The molecule has 0 saturated carbocycles. The van der Waals surface area contributed by atoms with E-state index in [1.807, 2.05) is 0 Å². The largest absolute Gasteiger partial charge is 0.308 e. The van der Waals surface area contributed by atoms with Gasteiger partial charge in [0, 0.05) is 30.7 Å². The second-order valence-corrected chi connectivity index (χ2v) is 7.43. The molecule has 20 heavy (non-hydrogen) atoms. The topological polar surface area (TPSA) is 15.3 Å². The van der Waals surface area contributed by atoms with Gasteiger partial charge in [-0.25, -0.2) is 0 Å². The second-order valence-electron chi connectivity index (χ2n) is 7.43. The van der Waals surface area contributed by atoms with Crippen molar-refractivity contribution in [2.45, 2.75) is 65.6 Å². The minimum Gasteiger partial charge on any atom is -0.308 e. The van der Waals surface area contributed by atoms with Gasteiger partial charge in [0.25, 0.3) is 0 Å². The Morgan fingerprint density at radius 1 is 1.10 bits per heavy atom. The Morgan fingerprint density at radius 2 is 1.70 bits per heavy atom. The zero-order chi connectivity index (χ0) is 15.0. The van der Waals surface area contributed by atoms with Crippen molar-refractivity contribution in [3.05, 3.63) is 34.9 Å². The van der Waals surface area contributed by atoms with E-state index in [0.717, 1.165) is 19.6 Å². The minimum atomic E-state index is 0.215. The summed E-state index contributed by atoms with van der Waals surface area (Å²) in [5, 5.41) is 3.73. The van der Waals surface area contributed by atoms with E-state index in [2.05, 4.69) is 70.0 Å². The van der Waals surface area contributed by atoms with Crippen LogP contribution in [0.3, 0.4) is 0 Å². The van der Waals surface area contributed by atoms with Gasteiger partial charge in [-0.05, 0) is 46.6 Å². The molecular formula is C18H30N2. The van der Waals surface area contributed by atoms with Crippen LogP contribution in [0.5, 0.6) is 0 Å². The smallest absolute Gasteiger partial charge is 0.0282 e. The lowest BCUT2D eigenvalue weighted by molar-refractivity contribution is 0.0246. The summed E-state index contributed by atoms with van der Waals surface area (Å²) >= 11 is 0. The van der Waals surface area contributed by atoms with Crippen LogP contribution in [0, 0.1) is 13.8 Å². The maximum absolute atomic E-state index is 3.73. The SMILES string of the molecule is CCC1(C)CN(Cc2cc(C)cc(C)c2)C(C)(C)CN1. The highest BCUT2D eigenvalue weighted by Crippen LogP contribution is 2.27. The Bertz CT molecular complexity index is 458. The van der Waals surface area contributed by atoms with Gasteiger partial charge >= 0.3 is 0 Å². The van der Waals surface area contributed by atoms with E-state index < -0.39 is 0 Å². The van der Waals surface area contributed by atoms with Crippen molar-refractivity contribution in [1.82, 2.24) is 10.2 Å². The fourth-order valence-electron chi connectivity index (χ4n) is 3.12. The van der Waals surface area contributed by atoms with Gasteiger partial charge in [-0.3, -0.25) is 4.90 Å². The van der Waals surface area contributed by atoms with Gasteiger partial charge in [-0.2, -0.15) is 0 Å². The predicted molar refractivity (Wildman–Crippen MR) is 87.1 cm³/mol. The first-order valence-corrected chi connectivity index (χ1v) is 7.81. The molecule has 1 aromatic rings. The quantitative estimate of drug-likeness (QED) is 0.905. The van der Waals surface area contributed by atoms with Crippen molar-refractivity contribution < 1.29 is 0 Å². The number of aryl methyl sites for hydroxylation is 2. The van der Waals surface area contributed by atoms with Crippen molar-refractivity contribution in [3.8, 4) is 0 Å². The lowest BCUT2D eigenvalue weighted by Gasteiger charge is -2.51. The van der Waals surface area contributed by atoms with Crippen molar-refractivity contribution in [2.24, 2.45) is 0 Å². The van der Waals surface area contributed by atoms with Crippen LogP contribution >= 0.6 is 0 Å². The summed E-state index contributed by atoms with van der Waals surface area (Å²) in [6.45, 7) is 16.9. The van der Waals surface area contributed by atoms with Crippen LogP contribution in [0.2, 0.25) is 0 Å². The molecule has 1 unspecified atom stereocenters. The molecule has 2 rings (SSSR count). The summed E-state index contributed by atoms with van der Waals surface area (Å²) in [5.74, 6) is 0. The third-order valence-electron chi connectivity index (χ3n) is 4.78. The van der Waals surface area contributed by atoms with Gasteiger partial charge in [0.2, 0.25) is 0 Å². The summed E-state index contributed by atoms with van der Waals surface area (Å²) < 4.78 is 0. The number of hydrogen-bond donors (Lipinski definition) is 1. The molecule has 1 aliphatic rings.